The summed E-state index contributed by atoms with van der Waals surface area (Å²) in [6.07, 6.45) is 0. The summed E-state index contributed by atoms with van der Waals surface area (Å²) >= 11 is 1.44. The molecule has 3 aromatic rings. The number of thiophene rings is 1. The molecule has 1 aliphatic rings. The zero-order valence-corrected chi connectivity index (χ0v) is 17.7. The highest BCUT2D eigenvalue weighted by Crippen LogP contribution is 2.44. The fourth-order valence-electron chi connectivity index (χ4n) is 3.70. The summed E-state index contributed by atoms with van der Waals surface area (Å²) in [6.45, 7) is 3.89. The van der Waals surface area contributed by atoms with E-state index in [9.17, 15) is 14.7 Å². The van der Waals surface area contributed by atoms with E-state index in [1.807, 2.05) is 49.6 Å². The number of aliphatic hydroxyl groups is 1. The van der Waals surface area contributed by atoms with Gasteiger partial charge >= 0.3 is 0 Å². The molecule has 2 aromatic carbocycles. The Hall–Kier alpha value is -3.38. The van der Waals surface area contributed by atoms with Gasteiger partial charge in [-0.3, -0.25) is 14.5 Å². The molecule has 1 aromatic heterocycles. The van der Waals surface area contributed by atoms with Gasteiger partial charge in [0, 0.05) is 16.1 Å². The molecule has 0 spiro atoms. The summed E-state index contributed by atoms with van der Waals surface area (Å²) in [6, 6.07) is 15.5. The number of ether oxygens (including phenoxy) is 1. The predicted octanol–water partition coefficient (Wildman–Crippen LogP) is 5.00. The molecule has 6 heteroatoms. The second kappa shape index (κ2) is 7.80. The molecule has 30 heavy (non-hydrogen) atoms. The maximum atomic E-state index is 13.1. The van der Waals surface area contributed by atoms with Gasteiger partial charge in [0.05, 0.1) is 12.7 Å². The first-order valence-electron chi connectivity index (χ1n) is 9.49. The van der Waals surface area contributed by atoms with Crippen LogP contribution in [0.25, 0.3) is 5.76 Å². The fourth-order valence-corrected chi connectivity index (χ4v) is 4.52. The number of anilines is 1. The van der Waals surface area contributed by atoms with E-state index in [1.54, 1.807) is 31.4 Å². The Labute approximate surface area is 178 Å². The Bertz CT molecular complexity index is 1150. The monoisotopic (exact) mass is 419 g/mol. The zero-order valence-electron chi connectivity index (χ0n) is 16.9. The van der Waals surface area contributed by atoms with E-state index in [4.69, 9.17) is 4.74 Å². The number of aryl methyl sites for hydroxylation is 1. The first-order valence-corrected chi connectivity index (χ1v) is 10.4. The zero-order chi connectivity index (χ0) is 21.4. The molecule has 1 saturated heterocycles. The topological polar surface area (TPSA) is 66.8 Å². The molecule has 0 saturated carbocycles. The normalized spacial score (nSPS) is 18.1. The standard InChI is InChI=1S/C24H21NO4S/c1-14-6-4-7-18(15(14)2)25-21(19-8-5-13-30-19)20(23(27)24(25)28)22(26)16-9-11-17(29-3)12-10-16/h4-13,21,26H,1-3H3/b22-20-. The Morgan fingerprint density at radius 2 is 1.77 bits per heavy atom. The first-order chi connectivity index (χ1) is 14.4. The average molecular weight is 420 g/mol. The van der Waals surface area contributed by atoms with Crippen LogP contribution in [0.1, 0.15) is 27.6 Å². The van der Waals surface area contributed by atoms with E-state index < -0.39 is 17.7 Å². The van der Waals surface area contributed by atoms with Gasteiger partial charge in [-0.25, -0.2) is 0 Å². The van der Waals surface area contributed by atoms with Crippen LogP contribution in [0.5, 0.6) is 5.75 Å². The van der Waals surface area contributed by atoms with Crippen molar-refractivity contribution in [2.24, 2.45) is 0 Å². The number of hydrogen-bond donors (Lipinski definition) is 1. The molecule has 4 rings (SSSR count). The maximum Gasteiger partial charge on any atom is 0.300 e. The predicted molar refractivity (Wildman–Crippen MR) is 118 cm³/mol. The highest BCUT2D eigenvalue weighted by molar-refractivity contribution is 7.10. The second-order valence-electron chi connectivity index (χ2n) is 7.13. The summed E-state index contributed by atoms with van der Waals surface area (Å²) in [5.74, 6) is -0.890. The molecular weight excluding hydrogens is 398 g/mol. The van der Waals surface area contributed by atoms with Crippen molar-refractivity contribution in [3.63, 3.8) is 0 Å². The Morgan fingerprint density at radius 1 is 1.03 bits per heavy atom. The van der Waals surface area contributed by atoms with Crippen molar-refractivity contribution >= 4 is 34.5 Å². The van der Waals surface area contributed by atoms with Crippen LogP contribution in [0, 0.1) is 13.8 Å². The molecule has 1 fully saturated rings. The van der Waals surface area contributed by atoms with Gasteiger partial charge < -0.3 is 9.84 Å². The highest BCUT2D eigenvalue weighted by atomic mass is 32.1. The summed E-state index contributed by atoms with van der Waals surface area (Å²) in [5, 5.41) is 13.0. The summed E-state index contributed by atoms with van der Waals surface area (Å²) in [7, 11) is 1.56. The molecule has 0 bridgehead atoms. The number of carbonyl (C=O) groups is 2. The molecule has 5 nitrogen and oxygen atoms in total. The molecule has 1 atom stereocenters. The van der Waals surface area contributed by atoms with Crippen LogP contribution in [-0.2, 0) is 9.59 Å². The summed E-state index contributed by atoms with van der Waals surface area (Å²) in [5.41, 5.74) is 3.16. The van der Waals surface area contributed by atoms with Crippen molar-refractivity contribution in [1.82, 2.24) is 0 Å². The van der Waals surface area contributed by atoms with E-state index in [-0.39, 0.29) is 11.3 Å². The number of nitrogens with zero attached hydrogens (tertiary/aromatic N) is 1. The minimum atomic E-state index is -0.692. The Kier molecular flexibility index (Phi) is 5.18. The number of ketones is 1. The van der Waals surface area contributed by atoms with Gasteiger partial charge in [-0.15, -0.1) is 11.3 Å². The number of rotatable bonds is 4. The van der Waals surface area contributed by atoms with Gasteiger partial charge in [-0.1, -0.05) is 18.2 Å². The van der Waals surface area contributed by atoms with Crippen LogP contribution < -0.4 is 9.64 Å². The molecule has 1 aliphatic heterocycles. The van der Waals surface area contributed by atoms with Gasteiger partial charge in [0.2, 0.25) is 0 Å². The SMILES string of the molecule is COc1ccc(/C(O)=C2/C(=O)C(=O)N(c3cccc(C)c3C)C2c2cccs2)cc1. The van der Waals surface area contributed by atoms with Gasteiger partial charge in [-0.05, 0) is 66.8 Å². The molecule has 0 aliphatic carbocycles. The lowest BCUT2D eigenvalue weighted by molar-refractivity contribution is -0.132. The van der Waals surface area contributed by atoms with E-state index >= 15 is 0 Å². The van der Waals surface area contributed by atoms with Crippen LogP contribution >= 0.6 is 11.3 Å². The van der Waals surface area contributed by atoms with E-state index in [0.29, 0.717) is 17.0 Å². The lowest BCUT2D eigenvalue weighted by Crippen LogP contribution is -2.29. The van der Waals surface area contributed by atoms with Gasteiger partial charge in [-0.2, -0.15) is 0 Å². The molecule has 0 radical (unpaired) electrons. The minimum Gasteiger partial charge on any atom is -0.507 e. The third-order valence-corrected chi connectivity index (χ3v) is 6.38. The fraction of sp³-hybridized carbons (Fsp3) is 0.167. The minimum absolute atomic E-state index is 0.0912. The highest BCUT2D eigenvalue weighted by Gasteiger charge is 2.47. The molecule has 152 valence electrons. The van der Waals surface area contributed by atoms with Gasteiger partial charge in [0.25, 0.3) is 11.7 Å². The Balaban J connectivity index is 1.93. The number of aliphatic hydroxyl groups excluding tert-OH is 1. The van der Waals surface area contributed by atoms with E-state index in [2.05, 4.69) is 0 Å². The van der Waals surface area contributed by atoms with Crippen molar-refractivity contribution in [2.75, 3.05) is 12.0 Å². The number of amides is 1. The van der Waals surface area contributed by atoms with Crippen LogP contribution in [0.4, 0.5) is 5.69 Å². The van der Waals surface area contributed by atoms with Crippen LogP contribution in [0.2, 0.25) is 0 Å². The largest absolute Gasteiger partial charge is 0.507 e. The summed E-state index contributed by atoms with van der Waals surface area (Å²) < 4.78 is 5.17. The number of Topliss-reactive ketones (excluding diaryl/α,β-unsaturated/α-hetero) is 1. The van der Waals surface area contributed by atoms with Gasteiger partial charge in [0.15, 0.2) is 0 Å². The number of carbonyl (C=O) groups excluding carboxylic acids is 2. The number of hydrogen-bond acceptors (Lipinski definition) is 5. The number of benzene rings is 2. The van der Waals surface area contributed by atoms with E-state index in [0.717, 1.165) is 16.0 Å². The second-order valence-corrected chi connectivity index (χ2v) is 8.11. The molecule has 1 N–H and O–H groups in total. The van der Waals surface area contributed by atoms with Crippen molar-refractivity contribution in [3.05, 3.63) is 87.1 Å². The van der Waals surface area contributed by atoms with Crippen LogP contribution in [0.3, 0.4) is 0 Å². The third-order valence-electron chi connectivity index (χ3n) is 5.46. The average Bonchev–Trinajstić information content (AvgIpc) is 3.37. The molecule has 2 heterocycles. The van der Waals surface area contributed by atoms with Crippen molar-refractivity contribution in [2.45, 2.75) is 19.9 Å². The molecule has 1 amide bonds. The third kappa shape index (κ3) is 3.19. The maximum absolute atomic E-state index is 13.1. The van der Waals surface area contributed by atoms with Crippen molar-refractivity contribution < 1.29 is 19.4 Å². The van der Waals surface area contributed by atoms with Gasteiger partial charge in [0.1, 0.15) is 17.6 Å². The van der Waals surface area contributed by atoms with Crippen LogP contribution in [-0.4, -0.2) is 23.9 Å². The van der Waals surface area contributed by atoms with Crippen LogP contribution in [0.15, 0.2) is 65.6 Å². The van der Waals surface area contributed by atoms with E-state index in [1.165, 1.54) is 16.2 Å². The summed E-state index contributed by atoms with van der Waals surface area (Å²) in [4.78, 5) is 28.6. The first kappa shape index (κ1) is 19.9. The lowest BCUT2D eigenvalue weighted by Gasteiger charge is -2.26. The van der Waals surface area contributed by atoms with Crippen molar-refractivity contribution in [1.29, 1.82) is 0 Å². The smallest absolute Gasteiger partial charge is 0.300 e. The molecule has 1 unspecified atom stereocenters. The quantitative estimate of drug-likeness (QED) is 0.367. The number of methoxy groups -OCH3 is 1. The molecular formula is C24H21NO4S. The van der Waals surface area contributed by atoms with Crippen molar-refractivity contribution in [3.8, 4) is 5.75 Å². The lowest BCUT2D eigenvalue weighted by atomic mass is 9.99. The Morgan fingerprint density at radius 3 is 2.40 bits per heavy atom.